The number of allylic oxidation sites excluding steroid dienone is 1. The fraction of sp³-hybridized carbons (Fsp3) is 0.0625. The molecule has 0 bridgehead atoms. The smallest absolute Gasteiger partial charge is 0.185 e. The maximum Gasteiger partial charge on any atom is 0.185 e. The van der Waals surface area contributed by atoms with Crippen LogP contribution in [-0.2, 0) is 0 Å². The normalized spacial score (nSPS) is 10.6. The molecular formula is C16H15NO2. The molecular weight excluding hydrogens is 238 g/mol. The van der Waals surface area contributed by atoms with Crippen LogP contribution in [0.4, 0.5) is 5.69 Å². The highest BCUT2D eigenvalue weighted by atomic mass is 16.5. The summed E-state index contributed by atoms with van der Waals surface area (Å²) in [6.07, 6.45) is 3.29. The van der Waals surface area contributed by atoms with Crippen molar-refractivity contribution in [2.24, 2.45) is 0 Å². The fourth-order valence-electron chi connectivity index (χ4n) is 1.71. The van der Waals surface area contributed by atoms with Gasteiger partial charge in [-0.25, -0.2) is 0 Å². The van der Waals surface area contributed by atoms with Gasteiger partial charge in [0.1, 0.15) is 5.75 Å². The molecule has 2 rings (SSSR count). The number of nitrogens with two attached hydrogens (primary N) is 1. The van der Waals surface area contributed by atoms with Gasteiger partial charge < -0.3 is 10.5 Å². The number of methoxy groups -OCH3 is 1. The van der Waals surface area contributed by atoms with Gasteiger partial charge in [-0.3, -0.25) is 4.79 Å². The molecule has 3 heteroatoms. The van der Waals surface area contributed by atoms with Crippen LogP contribution < -0.4 is 10.5 Å². The third-order valence-corrected chi connectivity index (χ3v) is 2.69. The molecule has 0 amide bonds. The van der Waals surface area contributed by atoms with E-state index in [0.717, 1.165) is 11.3 Å². The molecule has 2 N–H and O–H groups in total. The van der Waals surface area contributed by atoms with Gasteiger partial charge in [-0.1, -0.05) is 30.3 Å². The lowest BCUT2D eigenvalue weighted by Crippen LogP contribution is -1.95. The van der Waals surface area contributed by atoms with Gasteiger partial charge in [0.25, 0.3) is 0 Å². The van der Waals surface area contributed by atoms with E-state index in [9.17, 15) is 4.79 Å². The number of carbonyl (C=O) groups excluding carboxylic acids is 1. The first kappa shape index (κ1) is 12.9. The van der Waals surface area contributed by atoms with E-state index < -0.39 is 0 Å². The molecule has 0 atom stereocenters. The van der Waals surface area contributed by atoms with Crippen molar-refractivity contribution in [2.45, 2.75) is 0 Å². The summed E-state index contributed by atoms with van der Waals surface area (Å²) in [5.41, 5.74) is 7.73. The third-order valence-electron chi connectivity index (χ3n) is 2.69. The highest BCUT2D eigenvalue weighted by molar-refractivity contribution is 6.07. The van der Waals surface area contributed by atoms with Crippen LogP contribution in [0.5, 0.6) is 5.75 Å². The maximum absolute atomic E-state index is 12.0. The number of rotatable bonds is 4. The first-order valence-corrected chi connectivity index (χ1v) is 5.91. The molecule has 0 fully saturated rings. The quantitative estimate of drug-likeness (QED) is 0.517. The van der Waals surface area contributed by atoms with Gasteiger partial charge in [0, 0.05) is 11.3 Å². The number of ketones is 1. The highest BCUT2D eigenvalue weighted by Crippen LogP contribution is 2.14. The van der Waals surface area contributed by atoms with E-state index in [0.29, 0.717) is 11.3 Å². The van der Waals surface area contributed by atoms with Crippen molar-refractivity contribution in [1.29, 1.82) is 0 Å². The van der Waals surface area contributed by atoms with Crippen LogP contribution in [-0.4, -0.2) is 12.9 Å². The lowest BCUT2D eigenvalue weighted by molar-refractivity contribution is 0.104. The van der Waals surface area contributed by atoms with Crippen LogP contribution in [0.3, 0.4) is 0 Å². The van der Waals surface area contributed by atoms with Gasteiger partial charge in [-0.2, -0.15) is 0 Å². The molecule has 19 heavy (non-hydrogen) atoms. The number of nitrogen functional groups attached to an aromatic ring is 1. The van der Waals surface area contributed by atoms with E-state index in [-0.39, 0.29) is 5.78 Å². The molecule has 0 saturated heterocycles. The van der Waals surface area contributed by atoms with E-state index in [4.69, 9.17) is 10.5 Å². The Morgan fingerprint density at radius 3 is 2.68 bits per heavy atom. The Morgan fingerprint density at radius 1 is 1.16 bits per heavy atom. The third kappa shape index (κ3) is 3.45. The molecule has 0 aromatic heterocycles. The minimum atomic E-state index is -0.0740. The molecule has 0 aliphatic rings. The number of anilines is 1. The predicted molar refractivity (Wildman–Crippen MR) is 77.2 cm³/mol. The Labute approximate surface area is 112 Å². The summed E-state index contributed by atoms with van der Waals surface area (Å²) in [5, 5.41) is 0. The average molecular weight is 253 g/mol. The predicted octanol–water partition coefficient (Wildman–Crippen LogP) is 3.17. The maximum atomic E-state index is 12.0. The van der Waals surface area contributed by atoms with Crippen molar-refractivity contribution >= 4 is 17.5 Å². The van der Waals surface area contributed by atoms with Crippen molar-refractivity contribution in [3.05, 3.63) is 65.7 Å². The van der Waals surface area contributed by atoms with Crippen LogP contribution in [0.25, 0.3) is 6.08 Å². The van der Waals surface area contributed by atoms with Crippen molar-refractivity contribution in [2.75, 3.05) is 12.8 Å². The summed E-state index contributed by atoms with van der Waals surface area (Å²) in [6.45, 7) is 0. The molecule has 0 heterocycles. The van der Waals surface area contributed by atoms with Crippen LogP contribution in [0.2, 0.25) is 0 Å². The van der Waals surface area contributed by atoms with Crippen LogP contribution in [0, 0.1) is 0 Å². The zero-order valence-corrected chi connectivity index (χ0v) is 10.7. The van der Waals surface area contributed by atoms with Crippen LogP contribution in [0.15, 0.2) is 54.6 Å². The largest absolute Gasteiger partial charge is 0.497 e. The number of hydrogen-bond acceptors (Lipinski definition) is 3. The van der Waals surface area contributed by atoms with Crippen molar-refractivity contribution in [3.8, 4) is 5.75 Å². The number of benzene rings is 2. The van der Waals surface area contributed by atoms with Gasteiger partial charge in [0.05, 0.1) is 7.11 Å². The van der Waals surface area contributed by atoms with Gasteiger partial charge in [-0.05, 0) is 35.9 Å². The molecule has 0 saturated carbocycles. The lowest BCUT2D eigenvalue weighted by atomic mass is 10.1. The van der Waals surface area contributed by atoms with E-state index in [1.807, 2.05) is 24.3 Å². The van der Waals surface area contributed by atoms with E-state index in [1.54, 1.807) is 37.5 Å². The molecule has 2 aromatic carbocycles. The van der Waals surface area contributed by atoms with E-state index >= 15 is 0 Å². The zero-order chi connectivity index (χ0) is 13.7. The summed E-state index contributed by atoms with van der Waals surface area (Å²) in [5.74, 6) is 0.689. The molecule has 0 spiro atoms. The standard InChI is InChI=1S/C16H15NO2/c1-19-15-7-2-4-12(10-15)8-9-16(18)13-5-3-6-14(17)11-13/h2-11H,17H2,1H3/b9-8+. The van der Waals surface area contributed by atoms with Gasteiger partial charge in [0.15, 0.2) is 5.78 Å². The van der Waals surface area contributed by atoms with E-state index in [1.165, 1.54) is 6.08 Å². The second-order valence-electron chi connectivity index (χ2n) is 4.10. The van der Waals surface area contributed by atoms with Gasteiger partial charge >= 0.3 is 0 Å². The monoisotopic (exact) mass is 253 g/mol. The minimum absolute atomic E-state index is 0.0740. The Balaban J connectivity index is 2.16. The highest BCUT2D eigenvalue weighted by Gasteiger charge is 2.01. The lowest BCUT2D eigenvalue weighted by Gasteiger charge is -2.00. The Kier molecular flexibility index (Phi) is 3.98. The minimum Gasteiger partial charge on any atom is -0.497 e. The summed E-state index contributed by atoms with van der Waals surface area (Å²) in [4.78, 5) is 12.0. The summed E-state index contributed by atoms with van der Waals surface area (Å²) in [6, 6.07) is 14.4. The summed E-state index contributed by atoms with van der Waals surface area (Å²) < 4.78 is 5.13. The molecule has 0 aliphatic carbocycles. The van der Waals surface area contributed by atoms with Crippen molar-refractivity contribution < 1.29 is 9.53 Å². The SMILES string of the molecule is COc1cccc(/C=C/C(=O)c2cccc(N)c2)c1. The van der Waals surface area contributed by atoms with Gasteiger partial charge in [-0.15, -0.1) is 0 Å². The Hall–Kier alpha value is -2.55. The Bertz CT molecular complexity index is 618. The topological polar surface area (TPSA) is 52.3 Å². The number of hydrogen-bond donors (Lipinski definition) is 1. The van der Waals surface area contributed by atoms with Crippen LogP contribution >= 0.6 is 0 Å². The molecule has 0 aliphatic heterocycles. The fourth-order valence-corrected chi connectivity index (χ4v) is 1.71. The summed E-state index contributed by atoms with van der Waals surface area (Å²) >= 11 is 0. The average Bonchev–Trinajstić information content (AvgIpc) is 2.45. The molecule has 2 aromatic rings. The molecule has 96 valence electrons. The van der Waals surface area contributed by atoms with E-state index in [2.05, 4.69) is 0 Å². The molecule has 3 nitrogen and oxygen atoms in total. The molecule has 0 unspecified atom stereocenters. The first-order chi connectivity index (χ1) is 9.19. The second-order valence-corrected chi connectivity index (χ2v) is 4.10. The van der Waals surface area contributed by atoms with Crippen molar-refractivity contribution in [3.63, 3.8) is 0 Å². The Morgan fingerprint density at radius 2 is 1.95 bits per heavy atom. The van der Waals surface area contributed by atoms with Gasteiger partial charge in [0.2, 0.25) is 0 Å². The second kappa shape index (κ2) is 5.87. The molecule has 0 radical (unpaired) electrons. The first-order valence-electron chi connectivity index (χ1n) is 5.91. The summed E-state index contributed by atoms with van der Waals surface area (Å²) in [7, 11) is 1.61. The van der Waals surface area contributed by atoms with Crippen molar-refractivity contribution in [1.82, 2.24) is 0 Å². The zero-order valence-electron chi connectivity index (χ0n) is 10.7. The number of carbonyl (C=O) groups is 1. The number of ether oxygens (including phenoxy) is 1. The van der Waals surface area contributed by atoms with Crippen LogP contribution in [0.1, 0.15) is 15.9 Å².